The molecule has 3 nitrogen and oxygen atoms in total. The minimum absolute atomic E-state index is 0.113. The van der Waals surface area contributed by atoms with E-state index in [1.165, 1.54) is 12.1 Å². The van der Waals surface area contributed by atoms with Gasteiger partial charge in [-0.2, -0.15) is 18.4 Å². The molecule has 1 atom stereocenters. The van der Waals surface area contributed by atoms with Crippen LogP contribution >= 0.6 is 0 Å². The van der Waals surface area contributed by atoms with E-state index in [4.69, 9.17) is 5.26 Å². The number of ether oxygens (including phenoxy) is 1. The summed E-state index contributed by atoms with van der Waals surface area (Å²) in [4.78, 5) is 0. The third-order valence-electron chi connectivity index (χ3n) is 2.13. The van der Waals surface area contributed by atoms with Gasteiger partial charge < -0.3 is 10.1 Å². The van der Waals surface area contributed by atoms with Gasteiger partial charge in [0, 0.05) is 6.04 Å². The Morgan fingerprint density at radius 2 is 2.11 bits per heavy atom. The van der Waals surface area contributed by atoms with E-state index in [1.54, 1.807) is 13.0 Å². The summed E-state index contributed by atoms with van der Waals surface area (Å²) < 4.78 is 53.5. The van der Waals surface area contributed by atoms with E-state index < -0.39 is 24.6 Å². The molecule has 0 heterocycles. The Labute approximate surface area is 107 Å². The van der Waals surface area contributed by atoms with Crippen LogP contribution in [0.15, 0.2) is 18.2 Å². The Kier molecular flexibility index (Phi) is 5.12. The maximum atomic E-state index is 13.5. The molecule has 0 saturated heterocycles. The zero-order valence-corrected chi connectivity index (χ0v) is 10.1. The third-order valence-corrected chi connectivity index (χ3v) is 2.13. The second-order valence-electron chi connectivity index (χ2n) is 3.98. The van der Waals surface area contributed by atoms with Gasteiger partial charge in [-0.05, 0) is 25.1 Å². The number of anilines is 1. The van der Waals surface area contributed by atoms with Crippen LogP contribution < -0.4 is 5.32 Å². The molecule has 104 valence electrons. The normalized spacial score (nSPS) is 12.8. The third kappa shape index (κ3) is 5.57. The first kappa shape index (κ1) is 15.2. The van der Waals surface area contributed by atoms with Crippen molar-refractivity contribution >= 4 is 5.69 Å². The summed E-state index contributed by atoms with van der Waals surface area (Å²) in [7, 11) is 0. The molecule has 0 radical (unpaired) electrons. The highest BCUT2D eigenvalue weighted by Gasteiger charge is 2.27. The minimum atomic E-state index is -4.38. The molecule has 0 aliphatic rings. The van der Waals surface area contributed by atoms with Gasteiger partial charge in [0.05, 0.1) is 23.9 Å². The lowest BCUT2D eigenvalue weighted by atomic mass is 10.2. The van der Waals surface area contributed by atoms with Crippen LogP contribution in [-0.2, 0) is 4.74 Å². The molecule has 0 saturated carbocycles. The number of rotatable bonds is 5. The lowest BCUT2D eigenvalue weighted by molar-refractivity contribution is -0.174. The molecule has 1 aromatic rings. The highest BCUT2D eigenvalue weighted by molar-refractivity contribution is 5.49. The zero-order chi connectivity index (χ0) is 14.5. The minimum Gasteiger partial charge on any atom is -0.378 e. The Bertz CT molecular complexity index is 468. The SMILES string of the molecule is C[C@@H](COCC(F)(F)F)Nc1ccc(C#N)cc1F. The number of halogens is 4. The molecule has 1 N–H and O–H groups in total. The van der Waals surface area contributed by atoms with Crippen LogP contribution in [0.2, 0.25) is 0 Å². The van der Waals surface area contributed by atoms with Crippen molar-refractivity contribution in [3.8, 4) is 6.07 Å². The summed E-state index contributed by atoms with van der Waals surface area (Å²) in [5.41, 5.74) is 0.283. The molecule has 0 bridgehead atoms. The predicted octanol–water partition coefficient (Wildman–Crippen LogP) is 3.08. The standard InChI is InChI=1S/C12H12F4N2O/c1-8(6-19-7-12(14,15)16)18-11-3-2-9(5-17)4-10(11)13/h2-4,8,18H,6-7H2,1H3/t8-/m0/s1. The highest BCUT2D eigenvalue weighted by Crippen LogP contribution is 2.17. The van der Waals surface area contributed by atoms with Crippen molar-refractivity contribution < 1.29 is 22.3 Å². The van der Waals surface area contributed by atoms with E-state index in [-0.39, 0.29) is 17.9 Å². The first-order chi connectivity index (χ1) is 8.81. The van der Waals surface area contributed by atoms with Crippen molar-refractivity contribution in [3.05, 3.63) is 29.6 Å². The van der Waals surface area contributed by atoms with Crippen LogP contribution in [0.3, 0.4) is 0 Å². The molecule has 1 aromatic carbocycles. The van der Waals surface area contributed by atoms with Gasteiger partial charge in [-0.1, -0.05) is 0 Å². The van der Waals surface area contributed by atoms with Crippen LogP contribution in [0.5, 0.6) is 0 Å². The number of nitrogens with one attached hydrogen (secondary N) is 1. The van der Waals surface area contributed by atoms with Gasteiger partial charge in [-0.25, -0.2) is 4.39 Å². The number of nitriles is 1. The monoisotopic (exact) mass is 276 g/mol. The second-order valence-corrected chi connectivity index (χ2v) is 3.98. The molecule has 0 aromatic heterocycles. The summed E-state index contributed by atoms with van der Waals surface area (Å²) in [6.45, 7) is 0.0157. The fourth-order valence-corrected chi connectivity index (χ4v) is 1.36. The Hall–Kier alpha value is -1.81. The van der Waals surface area contributed by atoms with Crippen molar-refractivity contribution in [2.75, 3.05) is 18.5 Å². The van der Waals surface area contributed by atoms with Crippen molar-refractivity contribution in [1.29, 1.82) is 5.26 Å². The first-order valence-corrected chi connectivity index (χ1v) is 5.42. The quantitative estimate of drug-likeness (QED) is 0.841. The molecule has 0 aliphatic heterocycles. The molecule has 0 amide bonds. The predicted molar refractivity (Wildman–Crippen MR) is 61.1 cm³/mol. The second kappa shape index (κ2) is 6.38. The highest BCUT2D eigenvalue weighted by atomic mass is 19.4. The van der Waals surface area contributed by atoms with Crippen LogP contribution in [0.1, 0.15) is 12.5 Å². The maximum Gasteiger partial charge on any atom is 0.411 e. The van der Waals surface area contributed by atoms with Crippen LogP contribution in [0, 0.1) is 17.1 Å². The number of hydrogen-bond acceptors (Lipinski definition) is 3. The lowest BCUT2D eigenvalue weighted by Gasteiger charge is -2.16. The van der Waals surface area contributed by atoms with Crippen molar-refractivity contribution in [3.63, 3.8) is 0 Å². The largest absolute Gasteiger partial charge is 0.411 e. The van der Waals surface area contributed by atoms with Crippen LogP contribution in [0.25, 0.3) is 0 Å². The van der Waals surface area contributed by atoms with Crippen molar-refractivity contribution in [2.24, 2.45) is 0 Å². The molecule has 0 unspecified atom stereocenters. The molecule has 0 fully saturated rings. The molecule has 0 aliphatic carbocycles. The molecule has 19 heavy (non-hydrogen) atoms. The molecule has 1 rings (SSSR count). The summed E-state index contributed by atoms with van der Waals surface area (Å²) in [6.07, 6.45) is -4.38. The fourth-order valence-electron chi connectivity index (χ4n) is 1.36. The van der Waals surface area contributed by atoms with Crippen LogP contribution in [-0.4, -0.2) is 25.4 Å². The average Bonchev–Trinajstić information content (AvgIpc) is 2.30. The smallest absolute Gasteiger partial charge is 0.378 e. The Morgan fingerprint density at radius 1 is 1.42 bits per heavy atom. The topological polar surface area (TPSA) is 45.0 Å². The Morgan fingerprint density at radius 3 is 2.63 bits per heavy atom. The van der Waals surface area contributed by atoms with Gasteiger partial charge in [-0.3, -0.25) is 0 Å². The van der Waals surface area contributed by atoms with Gasteiger partial charge >= 0.3 is 6.18 Å². The summed E-state index contributed by atoms with van der Waals surface area (Å²) in [5, 5.41) is 11.2. The van der Waals surface area contributed by atoms with Gasteiger partial charge in [0.15, 0.2) is 0 Å². The number of alkyl halides is 3. The van der Waals surface area contributed by atoms with E-state index in [9.17, 15) is 17.6 Å². The molecular weight excluding hydrogens is 264 g/mol. The Balaban J connectivity index is 2.49. The first-order valence-electron chi connectivity index (χ1n) is 5.42. The average molecular weight is 276 g/mol. The van der Waals surface area contributed by atoms with E-state index in [2.05, 4.69) is 10.1 Å². The van der Waals surface area contributed by atoms with E-state index in [0.717, 1.165) is 6.07 Å². The number of nitrogens with zero attached hydrogens (tertiary/aromatic N) is 1. The molecule has 7 heteroatoms. The van der Waals surface area contributed by atoms with E-state index in [1.807, 2.05) is 0 Å². The van der Waals surface area contributed by atoms with E-state index >= 15 is 0 Å². The summed E-state index contributed by atoms with van der Waals surface area (Å²) >= 11 is 0. The zero-order valence-electron chi connectivity index (χ0n) is 10.1. The van der Waals surface area contributed by atoms with Gasteiger partial charge in [0.25, 0.3) is 0 Å². The van der Waals surface area contributed by atoms with E-state index in [0.29, 0.717) is 0 Å². The lowest BCUT2D eigenvalue weighted by Crippen LogP contribution is -2.26. The van der Waals surface area contributed by atoms with Gasteiger partial charge in [0.2, 0.25) is 0 Å². The van der Waals surface area contributed by atoms with Crippen molar-refractivity contribution in [1.82, 2.24) is 0 Å². The fraction of sp³-hybridized carbons (Fsp3) is 0.417. The summed E-state index contributed by atoms with van der Waals surface area (Å²) in [5.74, 6) is -0.637. The van der Waals surface area contributed by atoms with Gasteiger partial charge in [0.1, 0.15) is 12.4 Å². The van der Waals surface area contributed by atoms with Gasteiger partial charge in [-0.15, -0.1) is 0 Å². The summed E-state index contributed by atoms with van der Waals surface area (Å²) in [6, 6.07) is 5.10. The molecule has 0 spiro atoms. The van der Waals surface area contributed by atoms with Crippen molar-refractivity contribution in [2.45, 2.75) is 19.1 Å². The maximum absolute atomic E-state index is 13.5. The molecular formula is C12H12F4N2O. The van der Waals surface area contributed by atoms with Crippen LogP contribution in [0.4, 0.5) is 23.2 Å². The number of hydrogen-bond donors (Lipinski definition) is 1. The number of benzene rings is 1.